The highest BCUT2D eigenvalue weighted by molar-refractivity contribution is 9.10. The third kappa shape index (κ3) is 4.25. The van der Waals surface area contributed by atoms with Gasteiger partial charge in [0.15, 0.2) is 0 Å². The van der Waals surface area contributed by atoms with E-state index >= 15 is 0 Å². The molecule has 2 rings (SSSR count). The van der Waals surface area contributed by atoms with Crippen molar-refractivity contribution in [1.29, 1.82) is 0 Å². The summed E-state index contributed by atoms with van der Waals surface area (Å²) in [7, 11) is 0. The number of hydrogen-bond acceptors (Lipinski definition) is 1. The van der Waals surface area contributed by atoms with Gasteiger partial charge in [0.2, 0.25) is 0 Å². The van der Waals surface area contributed by atoms with Gasteiger partial charge in [-0.25, -0.2) is 8.78 Å². The van der Waals surface area contributed by atoms with E-state index in [2.05, 4.69) is 35.1 Å². The smallest absolute Gasteiger partial charge is 0.143 e. The Labute approximate surface area is 121 Å². The van der Waals surface area contributed by atoms with E-state index in [0.717, 1.165) is 13.0 Å². The van der Waals surface area contributed by atoms with Gasteiger partial charge in [-0.2, -0.15) is 0 Å². The molecule has 4 heteroatoms. The standard InChI is InChI=1S/C15H20BrF2N/c1-15(2,7-8-19-10-3-4-10)9-11-13(17)6-5-12(16)14(11)18/h5-6,10,19H,3-4,7-9H2,1-2H3. The molecule has 0 bridgehead atoms. The molecule has 1 aliphatic carbocycles. The number of halogens is 3. The van der Waals surface area contributed by atoms with Gasteiger partial charge in [0.05, 0.1) is 4.47 Å². The third-order valence-corrected chi connectivity index (χ3v) is 4.22. The van der Waals surface area contributed by atoms with Gasteiger partial charge in [-0.05, 0) is 65.7 Å². The molecule has 0 aliphatic heterocycles. The first kappa shape index (κ1) is 14.9. The number of hydrogen-bond donors (Lipinski definition) is 1. The van der Waals surface area contributed by atoms with Crippen LogP contribution in [-0.2, 0) is 6.42 Å². The molecule has 1 saturated carbocycles. The molecule has 0 atom stereocenters. The first-order valence-corrected chi connectivity index (χ1v) is 7.54. The molecule has 106 valence electrons. The van der Waals surface area contributed by atoms with Gasteiger partial charge >= 0.3 is 0 Å². The van der Waals surface area contributed by atoms with Crippen LogP contribution in [0.2, 0.25) is 0 Å². The molecule has 1 N–H and O–H groups in total. The third-order valence-electron chi connectivity index (χ3n) is 3.61. The Morgan fingerprint density at radius 3 is 2.63 bits per heavy atom. The highest BCUT2D eigenvalue weighted by Gasteiger charge is 2.25. The lowest BCUT2D eigenvalue weighted by atomic mass is 9.82. The minimum absolute atomic E-state index is 0.121. The predicted octanol–water partition coefficient (Wildman–Crippen LogP) is 4.44. The van der Waals surface area contributed by atoms with Gasteiger partial charge in [-0.3, -0.25) is 0 Å². The van der Waals surface area contributed by atoms with E-state index in [0.29, 0.717) is 16.9 Å². The molecule has 0 spiro atoms. The van der Waals surface area contributed by atoms with E-state index in [1.54, 1.807) is 0 Å². The van der Waals surface area contributed by atoms with Crippen LogP contribution in [0.25, 0.3) is 0 Å². The monoisotopic (exact) mass is 331 g/mol. The van der Waals surface area contributed by atoms with Crippen molar-refractivity contribution in [2.75, 3.05) is 6.54 Å². The van der Waals surface area contributed by atoms with Gasteiger partial charge in [-0.1, -0.05) is 13.8 Å². The fraction of sp³-hybridized carbons (Fsp3) is 0.600. The summed E-state index contributed by atoms with van der Waals surface area (Å²) in [5, 5.41) is 3.44. The number of nitrogens with one attached hydrogen (secondary N) is 1. The van der Waals surface area contributed by atoms with Gasteiger partial charge in [0.25, 0.3) is 0 Å². The molecule has 0 aromatic heterocycles. The van der Waals surface area contributed by atoms with Crippen LogP contribution in [0, 0.1) is 17.0 Å². The summed E-state index contributed by atoms with van der Waals surface area (Å²) in [6.45, 7) is 5.03. The zero-order valence-corrected chi connectivity index (χ0v) is 13.0. The Morgan fingerprint density at radius 1 is 1.32 bits per heavy atom. The topological polar surface area (TPSA) is 12.0 Å². The largest absolute Gasteiger partial charge is 0.314 e. The number of benzene rings is 1. The van der Waals surface area contributed by atoms with Crippen molar-refractivity contribution < 1.29 is 8.78 Å². The maximum Gasteiger partial charge on any atom is 0.143 e. The van der Waals surface area contributed by atoms with Crippen LogP contribution in [0.15, 0.2) is 16.6 Å². The minimum atomic E-state index is -0.469. The molecule has 0 radical (unpaired) electrons. The molecule has 0 amide bonds. The van der Waals surface area contributed by atoms with E-state index in [9.17, 15) is 8.78 Å². The molecular formula is C15H20BrF2N. The maximum atomic E-state index is 14.0. The van der Waals surface area contributed by atoms with Crippen LogP contribution in [0.3, 0.4) is 0 Å². The lowest BCUT2D eigenvalue weighted by Gasteiger charge is -2.25. The molecule has 1 fully saturated rings. The van der Waals surface area contributed by atoms with Crippen molar-refractivity contribution >= 4 is 15.9 Å². The van der Waals surface area contributed by atoms with Crippen molar-refractivity contribution in [1.82, 2.24) is 5.32 Å². The average molecular weight is 332 g/mol. The SMILES string of the molecule is CC(C)(CCNC1CC1)Cc1c(F)ccc(Br)c1F. The fourth-order valence-corrected chi connectivity index (χ4v) is 2.57. The molecule has 1 nitrogen and oxygen atoms in total. The first-order chi connectivity index (χ1) is 8.89. The summed E-state index contributed by atoms with van der Waals surface area (Å²) in [5.74, 6) is -0.924. The van der Waals surface area contributed by atoms with E-state index in [4.69, 9.17) is 0 Å². The summed E-state index contributed by atoms with van der Waals surface area (Å²) in [6.07, 6.45) is 3.84. The van der Waals surface area contributed by atoms with Crippen molar-refractivity contribution in [2.45, 2.75) is 45.6 Å². The van der Waals surface area contributed by atoms with Gasteiger partial charge < -0.3 is 5.32 Å². The normalized spacial score (nSPS) is 15.8. The lowest BCUT2D eigenvalue weighted by Crippen LogP contribution is -2.26. The van der Waals surface area contributed by atoms with Crippen molar-refractivity contribution in [3.8, 4) is 0 Å². The van der Waals surface area contributed by atoms with Crippen LogP contribution < -0.4 is 5.32 Å². The zero-order valence-electron chi connectivity index (χ0n) is 11.4. The Balaban J connectivity index is 1.99. The van der Waals surface area contributed by atoms with Gasteiger partial charge in [-0.15, -0.1) is 0 Å². The second-order valence-electron chi connectivity index (χ2n) is 6.14. The van der Waals surface area contributed by atoms with Crippen LogP contribution in [0.1, 0.15) is 38.7 Å². The summed E-state index contributed by atoms with van der Waals surface area (Å²) < 4.78 is 28.0. The van der Waals surface area contributed by atoms with Crippen LogP contribution in [0.5, 0.6) is 0 Å². The highest BCUT2D eigenvalue weighted by atomic mass is 79.9. The van der Waals surface area contributed by atoms with Crippen molar-refractivity contribution in [3.05, 3.63) is 33.8 Å². The highest BCUT2D eigenvalue weighted by Crippen LogP contribution is 2.31. The van der Waals surface area contributed by atoms with Gasteiger partial charge in [0, 0.05) is 11.6 Å². The van der Waals surface area contributed by atoms with Crippen molar-refractivity contribution in [3.63, 3.8) is 0 Å². The Kier molecular flexibility index (Phi) is 4.62. The van der Waals surface area contributed by atoms with Crippen LogP contribution in [-0.4, -0.2) is 12.6 Å². The number of rotatable bonds is 6. The summed E-state index contributed by atoms with van der Waals surface area (Å²) in [6, 6.07) is 3.41. The minimum Gasteiger partial charge on any atom is -0.314 e. The van der Waals surface area contributed by atoms with E-state index in [1.165, 1.54) is 25.0 Å². The molecule has 1 aliphatic rings. The molecule has 19 heavy (non-hydrogen) atoms. The van der Waals surface area contributed by atoms with Crippen LogP contribution >= 0.6 is 15.9 Å². The summed E-state index contributed by atoms with van der Waals surface area (Å²) in [4.78, 5) is 0. The molecule has 0 saturated heterocycles. The molecule has 0 unspecified atom stereocenters. The molecule has 1 aromatic carbocycles. The second kappa shape index (κ2) is 5.88. The second-order valence-corrected chi connectivity index (χ2v) is 7.00. The first-order valence-electron chi connectivity index (χ1n) is 6.75. The molecular weight excluding hydrogens is 312 g/mol. The average Bonchev–Trinajstić information content (AvgIpc) is 3.14. The lowest BCUT2D eigenvalue weighted by molar-refractivity contribution is 0.315. The van der Waals surface area contributed by atoms with Crippen LogP contribution in [0.4, 0.5) is 8.78 Å². The predicted molar refractivity (Wildman–Crippen MR) is 77.2 cm³/mol. The zero-order chi connectivity index (χ0) is 14.0. The van der Waals surface area contributed by atoms with Crippen molar-refractivity contribution in [2.24, 2.45) is 5.41 Å². The quantitative estimate of drug-likeness (QED) is 0.760. The molecule has 0 heterocycles. The van der Waals surface area contributed by atoms with E-state index < -0.39 is 11.6 Å². The summed E-state index contributed by atoms with van der Waals surface area (Å²) in [5.41, 5.74) is 0.0653. The maximum absolute atomic E-state index is 14.0. The van der Waals surface area contributed by atoms with E-state index in [-0.39, 0.29) is 11.0 Å². The van der Waals surface area contributed by atoms with Gasteiger partial charge in [0.1, 0.15) is 11.6 Å². The fourth-order valence-electron chi connectivity index (χ4n) is 2.20. The van der Waals surface area contributed by atoms with E-state index in [1.807, 2.05) is 0 Å². The Hall–Kier alpha value is -0.480. The Bertz CT molecular complexity index is 456. The summed E-state index contributed by atoms with van der Waals surface area (Å²) >= 11 is 3.11. The Morgan fingerprint density at radius 2 is 2.00 bits per heavy atom. The molecule has 1 aromatic rings.